The Hall–Kier alpha value is -2.36. The zero-order valence-corrected chi connectivity index (χ0v) is 20.8. The van der Waals surface area contributed by atoms with Crippen LogP contribution in [0.1, 0.15) is 35.1 Å². The van der Waals surface area contributed by atoms with Gasteiger partial charge in [0.05, 0.1) is 17.9 Å². The Morgan fingerprint density at radius 3 is 2.50 bits per heavy atom. The second-order valence-corrected chi connectivity index (χ2v) is 7.46. The molecule has 0 saturated heterocycles. The number of rotatable bonds is 6. The molecule has 2 aromatic heterocycles. The van der Waals surface area contributed by atoms with Gasteiger partial charge in [0.15, 0.2) is 5.96 Å². The average molecular weight is 522 g/mol. The van der Waals surface area contributed by atoms with E-state index in [1.165, 1.54) is 16.8 Å². The maximum atomic E-state index is 5.62. The fourth-order valence-corrected chi connectivity index (χ4v) is 3.29. The van der Waals surface area contributed by atoms with Crippen LogP contribution in [0.15, 0.2) is 39.9 Å². The molecule has 7 nitrogen and oxygen atoms in total. The lowest BCUT2D eigenvalue weighted by atomic mass is 10.1. The Bertz CT molecular complexity index is 990. The van der Waals surface area contributed by atoms with Crippen molar-refractivity contribution in [1.82, 2.24) is 25.4 Å². The Labute approximate surface area is 195 Å². The van der Waals surface area contributed by atoms with Crippen LogP contribution in [0.4, 0.5) is 0 Å². The Balaban J connectivity index is 0.00000320. The topological polar surface area (TPSA) is 80.3 Å². The summed E-state index contributed by atoms with van der Waals surface area (Å²) in [6.07, 6.45) is 2.56. The molecule has 0 aliphatic carbocycles. The van der Waals surface area contributed by atoms with E-state index in [1.807, 2.05) is 23.9 Å². The van der Waals surface area contributed by atoms with E-state index in [0.717, 1.165) is 29.3 Å². The SMILES string of the molecule is CN=C(NCc1coc(-c2ccc(C)cc2)n1)NC(C)Cc1c(C)nn(C)c1C.I. The van der Waals surface area contributed by atoms with Crippen LogP contribution in [-0.2, 0) is 20.0 Å². The van der Waals surface area contributed by atoms with Gasteiger partial charge in [-0.05, 0) is 51.8 Å². The number of halogens is 1. The Kier molecular flexibility index (Phi) is 8.45. The number of hydrogen-bond donors (Lipinski definition) is 2. The number of aryl methyl sites for hydroxylation is 3. The Morgan fingerprint density at radius 1 is 1.20 bits per heavy atom. The smallest absolute Gasteiger partial charge is 0.226 e. The standard InChI is InChI=1S/C22H30N6O.HI/c1-14-7-9-18(10-8-14)21-26-19(13-29-21)12-24-22(23-5)25-15(2)11-20-16(3)27-28(6)17(20)4;/h7-10,13,15H,11-12H2,1-6H3,(H2,23,24,25);1H. The van der Waals surface area contributed by atoms with Gasteiger partial charge in [-0.15, -0.1) is 24.0 Å². The summed E-state index contributed by atoms with van der Waals surface area (Å²) >= 11 is 0. The fourth-order valence-electron chi connectivity index (χ4n) is 3.29. The largest absolute Gasteiger partial charge is 0.444 e. The summed E-state index contributed by atoms with van der Waals surface area (Å²) in [4.78, 5) is 8.89. The highest BCUT2D eigenvalue weighted by atomic mass is 127. The summed E-state index contributed by atoms with van der Waals surface area (Å²) < 4.78 is 7.56. The minimum absolute atomic E-state index is 0. The van der Waals surface area contributed by atoms with Crippen LogP contribution in [-0.4, -0.2) is 33.8 Å². The number of nitrogens with one attached hydrogen (secondary N) is 2. The molecule has 1 atom stereocenters. The maximum absolute atomic E-state index is 5.62. The highest BCUT2D eigenvalue weighted by Crippen LogP contribution is 2.19. The summed E-state index contributed by atoms with van der Waals surface area (Å²) in [6.45, 7) is 8.89. The van der Waals surface area contributed by atoms with Crippen LogP contribution in [0.2, 0.25) is 0 Å². The second kappa shape index (κ2) is 10.6. The monoisotopic (exact) mass is 522 g/mol. The first-order chi connectivity index (χ1) is 13.9. The van der Waals surface area contributed by atoms with E-state index in [0.29, 0.717) is 12.4 Å². The molecule has 3 aromatic rings. The molecule has 2 N–H and O–H groups in total. The van der Waals surface area contributed by atoms with Crippen molar-refractivity contribution in [3.8, 4) is 11.5 Å². The molecule has 2 heterocycles. The van der Waals surface area contributed by atoms with E-state index in [-0.39, 0.29) is 30.0 Å². The molecule has 0 fully saturated rings. The summed E-state index contributed by atoms with van der Waals surface area (Å²) in [5, 5.41) is 11.2. The van der Waals surface area contributed by atoms with Crippen LogP contribution < -0.4 is 10.6 Å². The number of aromatic nitrogens is 3. The number of benzene rings is 1. The zero-order chi connectivity index (χ0) is 21.0. The molecule has 0 spiro atoms. The average Bonchev–Trinajstić information content (AvgIpc) is 3.26. The molecular weight excluding hydrogens is 491 g/mol. The molecule has 1 unspecified atom stereocenters. The summed E-state index contributed by atoms with van der Waals surface area (Å²) in [6, 6.07) is 8.35. The van der Waals surface area contributed by atoms with Gasteiger partial charge in [-0.3, -0.25) is 9.67 Å². The lowest BCUT2D eigenvalue weighted by Crippen LogP contribution is -2.42. The maximum Gasteiger partial charge on any atom is 0.226 e. The summed E-state index contributed by atoms with van der Waals surface area (Å²) in [5.74, 6) is 1.36. The molecule has 0 bridgehead atoms. The Morgan fingerprint density at radius 2 is 1.90 bits per heavy atom. The van der Waals surface area contributed by atoms with Crippen LogP contribution in [0, 0.1) is 20.8 Å². The van der Waals surface area contributed by atoms with Crippen LogP contribution in [0.3, 0.4) is 0 Å². The predicted octanol–water partition coefficient (Wildman–Crippen LogP) is 3.91. The summed E-state index contributed by atoms with van der Waals surface area (Å²) in [7, 11) is 3.75. The molecule has 8 heteroatoms. The predicted molar refractivity (Wildman–Crippen MR) is 131 cm³/mol. The van der Waals surface area contributed by atoms with Gasteiger partial charge < -0.3 is 15.1 Å². The highest BCUT2D eigenvalue weighted by molar-refractivity contribution is 14.0. The number of aliphatic imine (C=N–C) groups is 1. The third-order valence-electron chi connectivity index (χ3n) is 5.06. The van der Waals surface area contributed by atoms with Gasteiger partial charge in [-0.1, -0.05) is 17.7 Å². The molecule has 30 heavy (non-hydrogen) atoms. The van der Waals surface area contributed by atoms with Crippen LogP contribution in [0.5, 0.6) is 0 Å². The van der Waals surface area contributed by atoms with E-state index < -0.39 is 0 Å². The second-order valence-electron chi connectivity index (χ2n) is 7.46. The van der Waals surface area contributed by atoms with Gasteiger partial charge in [-0.2, -0.15) is 5.10 Å². The van der Waals surface area contributed by atoms with Gasteiger partial charge in [0, 0.05) is 31.4 Å². The normalized spacial score (nSPS) is 12.4. The van der Waals surface area contributed by atoms with E-state index >= 15 is 0 Å². The first kappa shape index (κ1) is 23.9. The van der Waals surface area contributed by atoms with Crippen molar-refractivity contribution in [2.45, 2.75) is 46.7 Å². The van der Waals surface area contributed by atoms with Gasteiger partial charge in [-0.25, -0.2) is 4.98 Å². The van der Waals surface area contributed by atoms with Crippen molar-refractivity contribution in [1.29, 1.82) is 0 Å². The number of hydrogen-bond acceptors (Lipinski definition) is 4. The van der Waals surface area contributed by atoms with E-state index in [2.05, 4.69) is 65.5 Å². The quantitative estimate of drug-likeness (QED) is 0.292. The number of nitrogens with zero attached hydrogens (tertiary/aromatic N) is 4. The molecule has 1 aromatic carbocycles. The van der Waals surface area contributed by atoms with Crippen LogP contribution >= 0.6 is 24.0 Å². The summed E-state index contributed by atoms with van der Waals surface area (Å²) in [5.41, 5.74) is 6.57. The molecule has 3 rings (SSSR count). The highest BCUT2D eigenvalue weighted by Gasteiger charge is 2.14. The first-order valence-corrected chi connectivity index (χ1v) is 9.85. The molecule has 0 radical (unpaired) electrons. The van der Waals surface area contributed by atoms with Crippen LogP contribution in [0.25, 0.3) is 11.5 Å². The molecule has 0 saturated carbocycles. The van der Waals surface area contributed by atoms with Gasteiger partial charge in [0.2, 0.25) is 5.89 Å². The van der Waals surface area contributed by atoms with Gasteiger partial charge in [0.1, 0.15) is 6.26 Å². The number of guanidine groups is 1. The molecule has 0 amide bonds. The van der Waals surface area contributed by atoms with Crippen molar-refractivity contribution in [3.63, 3.8) is 0 Å². The molecular formula is C22H31IN6O. The van der Waals surface area contributed by atoms with Gasteiger partial charge >= 0.3 is 0 Å². The van der Waals surface area contributed by atoms with Crippen molar-refractivity contribution < 1.29 is 4.42 Å². The lowest BCUT2D eigenvalue weighted by Gasteiger charge is -2.17. The minimum Gasteiger partial charge on any atom is -0.444 e. The third kappa shape index (κ3) is 5.84. The van der Waals surface area contributed by atoms with E-state index in [9.17, 15) is 0 Å². The van der Waals surface area contributed by atoms with Crippen molar-refractivity contribution >= 4 is 29.9 Å². The first-order valence-electron chi connectivity index (χ1n) is 9.85. The zero-order valence-electron chi connectivity index (χ0n) is 18.5. The third-order valence-corrected chi connectivity index (χ3v) is 5.06. The van der Waals surface area contributed by atoms with Crippen molar-refractivity contribution in [2.75, 3.05) is 7.05 Å². The fraction of sp³-hybridized carbons (Fsp3) is 0.409. The minimum atomic E-state index is 0. The van der Waals surface area contributed by atoms with Crippen molar-refractivity contribution in [3.05, 3.63) is 58.7 Å². The van der Waals surface area contributed by atoms with Gasteiger partial charge in [0.25, 0.3) is 0 Å². The van der Waals surface area contributed by atoms with Crippen molar-refractivity contribution in [2.24, 2.45) is 12.0 Å². The van der Waals surface area contributed by atoms with E-state index in [4.69, 9.17) is 4.42 Å². The number of oxazole rings is 1. The molecule has 0 aliphatic heterocycles. The lowest BCUT2D eigenvalue weighted by molar-refractivity contribution is 0.571. The molecule has 162 valence electrons. The van der Waals surface area contributed by atoms with E-state index in [1.54, 1.807) is 13.3 Å². The molecule has 0 aliphatic rings.